The van der Waals surface area contributed by atoms with Crippen LogP contribution in [0.25, 0.3) is 0 Å². The van der Waals surface area contributed by atoms with Crippen molar-refractivity contribution in [3.05, 3.63) is 65.7 Å². The van der Waals surface area contributed by atoms with Crippen molar-refractivity contribution in [3.63, 3.8) is 0 Å². The van der Waals surface area contributed by atoms with Crippen LogP contribution in [0, 0.1) is 17.8 Å². The Morgan fingerprint density at radius 3 is 2.26 bits per heavy atom. The van der Waals surface area contributed by atoms with Crippen molar-refractivity contribution in [3.8, 4) is 5.75 Å². The van der Waals surface area contributed by atoms with Gasteiger partial charge in [-0.25, -0.2) is 0 Å². The molecule has 0 bridgehead atoms. The summed E-state index contributed by atoms with van der Waals surface area (Å²) in [5.74, 6) is -3.69. The Bertz CT molecular complexity index is 1170. The van der Waals surface area contributed by atoms with Crippen LogP contribution in [0.5, 0.6) is 5.75 Å². The van der Waals surface area contributed by atoms with E-state index in [-0.39, 0.29) is 35.9 Å². The van der Waals surface area contributed by atoms with Crippen LogP contribution in [0.3, 0.4) is 0 Å². The lowest BCUT2D eigenvalue weighted by molar-refractivity contribution is -0.136. The maximum Gasteiger partial charge on any atom is 0.255 e. The van der Waals surface area contributed by atoms with E-state index in [9.17, 15) is 29.4 Å². The molecular formula is C30H39N3O6. The number of phenols is 1. The van der Waals surface area contributed by atoms with Crippen LogP contribution < -0.4 is 16.0 Å². The Morgan fingerprint density at radius 2 is 1.62 bits per heavy atom. The molecule has 9 nitrogen and oxygen atoms in total. The van der Waals surface area contributed by atoms with Gasteiger partial charge in [0.15, 0.2) is 5.78 Å². The molecule has 39 heavy (non-hydrogen) atoms. The van der Waals surface area contributed by atoms with Gasteiger partial charge in [0, 0.05) is 6.42 Å². The molecule has 5 N–H and O–H groups in total. The Kier molecular flexibility index (Phi) is 10.2. The minimum atomic E-state index is -1.27. The molecule has 0 spiro atoms. The van der Waals surface area contributed by atoms with E-state index in [0.29, 0.717) is 6.42 Å². The Balaban J connectivity index is 1.99. The maximum absolute atomic E-state index is 13.7. The number of Topliss-reactive ketones (excluding diaryl/α,β-unsaturated/α-hetero) is 1. The normalized spacial score (nSPS) is 26.7. The van der Waals surface area contributed by atoms with Gasteiger partial charge in [0.2, 0.25) is 11.8 Å². The van der Waals surface area contributed by atoms with Gasteiger partial charge in [-0.3, -0.25) is 19.2 Å². The minimum Gasteiger partial charge on any atom is -0.507 e. The van der Waals surface area contributed by atoms with E-state index in [2.05, 4.69) is 16.0 Å². The Hall–Kier alpha value is -3.72. The van der Waals surface area contributed by atoms with Crippen molar-refractivity contribution in [1.29, 1.82) is 0 Å². The molecule has 1 heterocycles. The predicted molar refractivity (Wildman–Crippen MR) is 147 cm³/mol. The highest BCUT2D eigenvalue weighted by atomic mass is 16.3. The summed E-state index contributed by atoms with van der Waals surface area (Å²) in [6.45, 7) is 7.12. The molecular weight excluding hydrogens is 498 g/mol. The van der Waals surface area contributed by atoms with Crippen LogP contribution in [-0.2, 0) is 20.8 Å². The van der Waals surface area contributed by atoms with Gasteiger partial charge in [0.05, 0.1) is 29.7 Å². The summed E-state index contributed by atoms with van der Waals surface area (Å²) in [5, 5.41) is 29.8. The van der Waals surface area contributed by atoms with Gasteiger partial charge in [-0.2, -0.15) is 0 Å². The zero-order valence-electron chi connectivity index (χ0n) is 22.9. The topological polar surface area (TPSA) is 145 Å². The van der Waals surface area contributed by atoms with Gasteiger partial charge in [-0.05, 0) is 42.4 Å². The van der Waals surface area contributed by atoms with E-state index in [1.807, 2.05) is 44.2 Å². The fraction of sp³-hybridized carbons (Fsp3) is 0.467. The lowest BCUT2D eigenvalue weighted by Gasteiger charge is -2.33. The zero-order valence-corrected chi connectivity index (χ0v) is 22.9. The van der Waals surface area contributed by atoms with Crippen molar-refractivity contribution in [2.45, 2.75) is 71.2 Å². The molecule has 0 aliphatic carbocycles. The molecule has 1 unspecified atom stereocenters. The van der Waals surface area contributed by atoms with Gasteiger partial charge in [0.1, 0.15) is 11.8 Å². The second kappa shape index (κ2) is 13.4. The summed E-state index contributed by atoms with van der Waals surface area (Å²) in [4.78, 5) is 53.2. The number of para-hydroxylation sites is 1. The smallest absolute Gasteiger partial charge is 0.255 e. The molecule has 1 fully saturated rings. The number of amides is 3. The first kappa shape index (κ1) is 29.8. The number of aromatic hydroxyl groups is 1. The largest absolute Gasteiger partial charge is 0.507 e. The second-order valence-corrected chi connectivity index (χ2v) is 10.9. The third-order valence-corrected chi connectivity index (χ3v) is 7.19. The SMILES string of the molecule is CC(C)CC1NC(=O)[C@H](C)[C@H](O)[C@H](Cc2ccccc2)NC(=O)[C@@H](NC(=O)c2ccccc2O)[C@@H](C)CC1=O. The van der Waals surface area contributed by atoms with E-state index < -0.39 is 53.8 Å². The molecule has 2 aromatic carbocycles. The standard InChI is InChI=1S/C30H39N3O6/c1-17(2)14-22-25(35)15-18(3)26(33-29(38)21-12-8-9-13-24(21)34)30(39)32-23(16-20-10-6-5-7-11-20)27(36)19(4)28(37)31-22/h5-13,17-19,22-23,26-27,34,36H,14-16H2,1-4H3,(H,31,37)(H,32,39)(H,33,38)/t18-,19+,22?,23-,26-,27-/m0/s1. The first-order valence-electron chi connectivity index (χ1n) is 13.4. The predicted octanol–water partition coefficient (Wildman–Crippen LogP) is 2.35. The number of nitrogens with one attached hydrogen (secondary N) is 3. The third kappa shape index (κ3) is 7.89. The van der Waals surface area contributed by atoms with Crippen LogP contribution in [0.2, 0.25) is 0 Å². The van der Waals surface area contributed by atoms with Crippen LogP contribution in [0.15, 0.2) is 54.6 Å². The van der Waals surface area contributed by atoms with Crippen LogP contribution in [0.1, 0.15) is 56.5 Å². The van der Waals surface area contributed by atoms with Crippen molar-refractivity contribution >= 4 is 23.5 Å². The number of aliphatic hydroxyl groups is 1. The summed E-state index contributed by atoms with van der Waals surface area (Å²) in [7, 11) is 0. The Labute approximate surface area is 229 Å². The van der Waals surface area contributed by atoms with E-state index in [0.717, 1.165) is 5.56 Å². The Morgan fingerprint density at radius 1 is 0.974 bits per heavy atom. The first-order valence-corrected chi connectivity index (χ1v) is 13.4. The first-order chi connectivity index (χ1) is 18.5. The number of rotatable bonds is 6. The molecule has 9 heteroatoms. The molecule has 6 atom stereocenters. The molecule has 0 radical (unpaired) electrons. The van der Waals surface area contributed by atoms with E-state index in [1.165, 1.54) is 12.1 Å². The van der Waals surface area contributed by atoms with Gasteiger partial charge < -0.3 is 26.2 Å². The number of carbonyl (C=O) groups excluding carboxylic acids is 4. The highest BCUT2D eigenvalue weighted by Gasteiger charge is 2.38. The van der Waals surface area contributed by atoms with Gasteiger partial charge in [0.25, 0.3) is 5.91 Å². The lowest BCUT2D eigenvalue weighted by Crippen LogP contribution is -2.59. The monoisotopic (exact) mass is 537 g/mol. The van der Waals surface area contributed by atoms with Crippen LogP contribution in [-0.4, -0.2) is 57.9 Å². The van der Waals surface area contributed by atoms with E-state index in [1.54, 1.807) is 26.0 Å². The third-order valence-electron chi connectivity index (χ3n) is 7.19. The maximum atomic E-state index is 13.7. The van der Waals surface area contributed by atoms with Gasteiger partial charge >= 0.3 is 0 Å². The zero-order chi connectivity index (χ0) is 28.7. The number of hydrogen-bond donors (Lipinski definition) is 5. The fourth-order valence-electron chi connectivity index (χ4n) is 4.87. The minimum absolute atomic E-state index is 0.00520. The number of benzene rings is 2. The highest BCUT2D eigenvalue weighted by molar-refractivity contribution is 6.00. The number of carbonyl (C=O) groups is 4. The summed E-state index contributed by atoms with van der Waals surface area (Å²) >= 11 is 0. The summed E-state index contributed by atoms with van der Waals surface area (Å²) < 4.78 is 0. The number of hydrogen-bond acceptors (Lipinski definition) is 6. The van der Waals surface area contributed by atoms with Crippen molar-refractivity contribution < 1.29 is 29.4 Å². The van der Waals surface area contributed by atoms with Crippen LogP contribution >= 0.6 is 0 Å². The molecule has 1 aliphatic rings. The quantitative estimate of drug-likeness (QED) is 0.383. The molecule has 0 aromatic heterocycles. The molecule has 210 valence electrons. The number of ketones is 1. The summed E-state index contributed by atoms with van der Waals surface area (Å²) in [5.41, 5.74) is 0.839. The highest BCUT2D eigenvalue weighted by Crippen LogP contribution is 2.21. The van der Waals surface area contributed by atoms with Gasteiger partial charge in [-0.15, -0.1) is 0 Å². The van der Waals surface area contributed by atoms with E-state index in [4.69, 9.17) is 0 Å². The van der Waals surface area contributed by atoms with Gasteiger partial charge in [-0.1, -0.05) is 70.2 Å². The molecule has 3 rings (SSSR count). The summed E-state index contributed by atoms with van der Waals surface area (Å²) in [6.07, 6.45) is -0.701. The number of phenolic OH excluding ortho intramolecular Hbond substituents is 1. The van der Waals surface area contributed by atoms with Crippen LogP contribution in [0.4, 0.5) is 0 Å². The molecule has 0 saturated carbocycles. The van der Waals surface area contributed by atoms with Crippen molar-refractivity contribution in [2.24, 2.45) is 17.8 Å². The molecule has 3 amide bonds. The molecule has 1 saturated heterocycles. The second-order valence-electron chi connectivity index (χ2n) is 10.9. The summed E-state index contributed by atoms with van der Waals surface area (Å²) in [6, 6.07) is 12.4. The average molecular weight is 538 g/mol. The van der Waals surface area contributed by atoms with Crippen molar-refractivity contribution in [2.75, 3.05) is 0 Å². The van der Waals surface area contributed by atoms with E-state index >= 15 is 0 Å². The number of aliphatic hydroxyl groups excluding tert-OH is 1. The average Bonchev–Trinajstić information content (AvgIpc) is 2.89. The molecule has 1 aliphatic heterocycles. The lowest BCUT2D eigenvalue weighted by atomic mass is 9.87. The van der Waals surface area contributed by atoms with Crippen molar-refractivity contribution in [1.82, 2.24) is 16.0 Å². The molecule has 2 aromatic rings. The fourth-order valence-corrected chi connectivity index (χ4v) is 4.87.